The molecule has 0 bridgehead atoms. The summed E-state index contributed by atoms with van der Waals surface area (Å²) in [5, 5.41) is 9.20. The van der Waals surface area contributed by atoms with Crippen molar-refractivity contribution in [3.63, 3.8) is 0 Å². The molecule has 1 aromatic carbocycles. The number of hydrogen-bond acceptors (Lipinski definition) is 6. The average Bonchev–Trinajstić information content (AvgIpc) is 2.82. The molecule has 1 saturated heterocycles. The molecule has 8 nitrogen and oxygen atoms in total. The van der Waals surface area contributed by atoms with Crippen LogP contribution in [0.25, 0.3) is 0 Å². The first-order valence-electron chi connectivity index (χ1n) is 6.29. The number of sulfonamides is 1. The van der Waals surface area contributed by atoms with Crippen LogP contribution in [0.3, 0.4) is 0 Å². The third kappa shape index (κ3) is 3.64. The monoisotopic (exact) mass is 349 g/mol. The van der Waals surface area contributed by atoms with E-state index in [9.17, 15) is 26.7 Å². The van der Waals surface area contributed by atoms with Crippen molar-refractivity contribution in [3.8, 4) is 0 Å². The highest BCUT2D eigenvalue weighted by Crippen LogP contribution is 2.28. The fourth-order valence-electron chi connectivity index (χ4n) is 2.30. The van der Waals surface area contributed by atoms with Crippen LogP contribution in [0.1, 0.15) is 6.42 Å². The van der Waals surface area contributed by atoms with E-state index in [1.165, 1.54) is 24.3 Å². The van der Waals surface area contributed by atoms with Crippen LogP contribution in [0.2, 0.25) is 0 Å². The lowest BCUT2D eigenvalue weighted by Gasteiger charge is -2.20. The molecule has 0 radical (unpaired) electrons. The van der Waals surface area contributed by atoms with Gasteiger partial charge in [0.25, 0.3) is 10.1 Å². The van der Waals surface area contributed by atoms with E-state index >= 15 is 0 Å². The summed E-state index contributed by atoms with van der Waals surface area (Å²) in [6.07, 6.45) is -0.416. The predicted molar refractivity (Wildman–Crippen MR) is 76.1 cm³/mol. The normalized spacial score (nSPS) is 23.5. The Labute approximate surface area is 128 Å². The van der Waals surface area contributed by atoms with Crippen molar-refractivity contribution in [1.82, 2.24) is 4.31 Å². The zero-order valence-corrected chi connectivity index (χ0v) is 13.2. The van der Waals surface area contributed by atoms with Crippen LogP contribution >= 0.6 is 0 Å². The Hall–Kier alpha value is -1.49. The molecular formula is C12H15NO7S2. The number of carboxylic acids is 1. The lowest BCUT2D eigenvalue weighted by Crippen LogP contribution is -2.40. The first-order valence-corrected chi connectivity index (χ1v) is 9.55. The van der Waals surface area contributed by atoms with Gasteiger partial charge in [-0.3, -0.25) is 8.98 Å². The fourth-order valence-corrected chi connectivity index (χ4v) is 4.58. The molecule has 0 aliphatic carbocycles. The molecule has 2 unspecified atom stereocenters. The number of hydrogen-bond donors (Lipinski definition) is 1. The molecule has 1 aliphatic rings. The van der Waals surface area contributed by atoms with Gasteiger partial charge in [-0.15, -0.1) is 0 Å². The zero-order chi connectivity index (χ0) is 16.5. The van der Waals surface area contributed by atoms with E-state index in [1.807, 2.05) is 0 Å². The lowest BCUT2D eigenvalue weighted by atomic mass is 10.2. The van der Waals surface area contributed by atoms with Gasteiger partial charge in [-0.05, 0) is 12.1 Å². The van der Waals surface area contributed by atoms with Gasteiger partial charge in [-0.2, -0.15) is 12.7 Å². The second-order valence-electron chi connectivity index (χ2n) is 4.90. The minimum Gasteiger partial charge on any atom is -0.480 e. The van der Waals surface area contributed by atoms with Crippen LogP contribution in [0.5, 0.6) is 0 Å². The Balaban J connectivity index is 2.34. The van der Waals surface area contributed by atoms with Crippen molar-refractivity contribution in [2.45, 2.75) is 23.5 Å². The molecule has 2 atom stereocenters. The Kier molecular flexibility index (Phi) is 4.57. The Morgan fingerprint density at radius 3 is 2.32 bits per heavy atom. The zero-order valence-electron chi connectivity index (χ0n) is 11.6. The molecule has 2 rings (SSSR count). The third-order valence-electron chi connectivity index (χ3n) is 3.16. The van der Waals surface area contributed by atoms with Gasteiger partial charge in [-0.1, -0.05) is 18.2 Å². The fraction of sp³-hybridized carbons (Fsp3) is 0.417. The van der Waals surface area contributed by atoms with Crippen molar-refractivity contribution >= 4 is 26.1 Å². The van der Waals surface area contributed by atoms with Gasteiger partial charge < -0.3 is 5.11 Å². The van der Waals surface area contributed by atoms with Gasteiger partial charge in [0, 0.05) is 13.0 Å². The van der Waals surface area contributed by atoms with Crippen LogP contribution in [0.15, 0.2) is 35.2 Å². The summed E-state index contributed by atoms with van der Waals surface area (Å²) < 4.78 is 52.8. The van der Waals surface area contributed by atoms with Gasteiger partial charge >= 0.3 is 5.97 Å². The molecule has 0 spiro atoms. The Bertz CT molecular complexity index is 758. The lowest BCUT2D eigenvalue weighted by molar-refractivity contribution is -0.140. The van der Waals surface area contributed by atoms with Crippen LogP contribution < -0.4 is 0 Å². The summed E-state index contributed by atoms with van der Waals surface area (Å²) in [6.45, 7) is -0.332. The predicted octanol–water partition coefficient (Wildman–Crippen LogP) is -0.121. The maximum absolute atomic E-state index is 12.5. The smallest absolute Gasteiger partial charge is 0.322 e. The number of benzene rings is 1. The van der Waals surface area contributed by atoms with E-state index in [4.69, 9.17) is 4.18 Å². The standard InChI is InChI=1S/C12H15NO7S2/c1-21(16,17)20-9-7-11(12(14)15)13(8-9)22(18,19)10-5-3-2-4-6-10/h2-6,9,11H,7-8H2,1H3,(H,14,15). The number of rotatable bonds is 5. The van der Waals surface area contributed by atoms with E-state index in [0.717, 1.165) is 10.6 Å². The highest BCUT2D eigenvalue weighted by Gasteiger charge is 2.45. The quantitative estimate of drug-likeness (QED) is 0.736. The largest absolute Gasteiger partial charge is 0.480 e. The summed E-state index contributed by atoms with van der Waals surface area (Å²) in [6, 6.07) is 5.99. The maximum Gasteiger partial charge on any atom is 0.322 e. The molecule has 1 aromatic rings. The van der Waals surface area contributed by atoms with E-state index in [-0.39, 0.29) is 17.9 Å². The third-order valence-corrected chi connectivity index (χ3v) is 5.67. The van der Waals surface area contributed by atoms with Crippen LogP contribution in [-0.4, -0.2) is 57.2 Å². The first-order chi connectivity index (χ1) is 10.1. The summed E-state index contributed by atoms with van der Waals surface area (Å²) in [5.74, 6) is -1.35. The van der Waals surface area contributed by atoms with Gasteiger partial charge in [0.1, 0.15) is 6.04 Å². The number of nitrogens with zero attached hydrogens (tertiary/aromatic N) is 1. The van der Waals surface area contributed by atoms with Crippen molar-refractivity contribution in [2.24, 2.45) is 0 Å². The molecule has 1 aliphatic heterocycles. The van der Waals surface area contributed by atoms with Crippen molar-refractivity contribution in [3.05, 3.63) is 30.3 Å². The number of carboxylic acid groups (broad SMARTS) is 1. The molecule has 22 heavy (non-hydrogen) atoms. The molecule has 1 fully saturated rings. The Morgan fingerprint density at radius 2 is 1.82 bits per heavy atom. The highest BCUT2D eigenvalue weighted by molar-refractivity contribution is 7.89. The molecule has 0 saturated carbocycles. The van der Waals surface area contributed by atoms with E-state index in [2.05, 4.69) is 0 Å². The molecule has 122 valence electrons. The molecule has 0 aromatic heterocycles. The average molecular weight is 349 g/mol. The van der Waals surface area contributed by atoms with Crippen molar-refractivity contribution in [1.29, 1.82) is 0 Å². The second kappa shape index (κ2) is 5.95. The summed E-state index contributed by atoms with van der Waals surface area (Å²) in [7, 11) is -7.85. The SMILES string of the molecule is CS(=O)(=O)OC1CC(C(=O)O)N(S(=O)(=O)c2ccccc2)C1. The molecule has 1 N–H and O–H groups in total. The summed E-state index contributed by atoms with van der Waals surface area (Å²) >= 11 is 0. The van der Waals surface area contributed by atoms with Gasteiger partial charge in [0.15, 0.2) is 0 Å². The van der Waals surface area contributed by atoms with Crippen LogP contribution in [-0.2, 0) is 29.1 Å². The minimum atomic E-state index is -4.04. The highest BCUT2D eigenvalue weighted by atomic mass is 32.2. The van der Waals surface area contributed by atoms with E-state index in [0.29, 0.717) is 0 Å². The second-order valence-corrected chi connectivity index (χ2v) is 8.39. The number of carbonyl (C=O) groups is 1. The summed E-state index contributed by atoms with van der Waals surface area (Å²) in [4.78, 5) is 11.2. The van der Waals surface area contributed by atoms with Crippen LogP contribution in [0.4, 0.5) is 0 Å². The van der Waals surface area contributed by atoms with Crippen LogP contribution in [0, 0.1) is 0 Å². The Morgan fingerprint density at radius 1 is 1.23 bits per heavy atom. The number of aliphatic carboxylic acids is 1. The van der Waals surface area contributed by atoms with Gasteiger partial charge in [-0.25, -0.2) is 8.42 Å². The van der Waals surface area contributed by atoms with E-state index < -0.39 is 38.3 Å². The molecule has 10 heteroatoms. The molecular weight excluding hydrogens is 334 g/mol. The van der Waals surface area contributed by atoms with E-state index in [1.54, 1.807) is 6.07 Å². The maximum atomic E-state index is 12.5. The molecule has 1 heterocycles. The van der Waals surface area contributed by atoms with Gasteiger partial charge in [0.2, 0.25) is 10.0 Å². The molecule has 0 amide bonds. The first kappa shape index (κ1) is 16.9. The topological polar surface area (TPSA) is 118 Å². The van der Waals surface area contributed by atoms with Crippen molar-refractivity contribution in [2.75, 3.05) is 12.8 Å². The van der Waals surface area contributed by atoms with Gasteiger partial charge in [0.05, 0.1) is 17.3 Å². The minimum absolute atomic E-state index is 0.0544. The summed E-state index contributed by atoms with van der Waals surface area (Å²) in [5.41, 5.74) is 0. The van der Waals surface area contributed by atoms with Crippen molar-refractivity contribution < 1.29 is 30.9 Å².